The fourth-order valence-corrected chi connectivity index (χ4v) is 4.30. The van der Waals surface area contributed by atoms with Gasteiger partial charge in [-0.3, -0.25) is 0 Å². The van der Waals surface area contributed by atoms with Crippen LogP contribution in [0.2, 0.25) is 0 Å². The highest BCUT2D eigenvalue weighted by Crippen LogP contribution is 2.54. The van der Waals surface area contributed by atoms with E-state index in [0.717, 1.165) is 12.1 Å². The average Bonchev–Trinajstić information content (AvgIpc) is 2.48. The smallest absolute Gasteiger partial charge is 0.138 e. The van der Waals surface area contributed by atoms with E-state index in [1.165, 1.54) is 23.1 Å². The number of phenolic OH excluding ortho intramolecular Hbond substituents is 1. The first kappa shape index (κ1) is 12.8. The Morgan fingerprint density at radius 1 is 1.10 bits per heavy atom. The van der Waals surface area contributed by atoms with Crippen LogP contribution in [0.1, 0.15) is 43.0 Å². The van der Waals surface area contributed by atoms with Gasteiger partial charge in [0.15, 0.2) is 0 Å². The number of fused-ring (bicyclic) bond motifs is 4. The molecule has 0 bridgehead atoms. The maximum Gasteiger partial charge on any atom is 0.138 e. The fraction of sp³-hybridized carbons (Fsp3) is 0.368. The fourth-order valence-electron chi connectivity index (χ4n) is 4.30. The first-order valence-corrected chi connectivity index (χ1v) is 7.76. The summed E-state index contributed by atoms with van der Waals surface area (Å²) in [5.74, 6) is 0.920. The number of aromatic hydroxyl groups is 1. The number of phenols is 1. The van der Waals surface area contributed by atoms with Crippen LogP contribution in [-0.4, -0.2) is 5.11 Å². The van der Waals surface area contributed by atoms with Crippen molar-refractivity contribution in [3.8, 4) is 5.75 Å². The van der Waals surface area contributed by atoms with Crippen molar-refractivity contribution in [2.24, 2.45) is 5.92 Å². The van der Waals surface area contributed by atoms with Gasteiger partial charge in [-0.2, -0.15) is 0 Å². The van der Waals surface area contributed by atoms with Gasteiger partial charge in [-0.25, -0.2) is 0 Å². The molecule has 0 fully saturated rings. The molecular weight excluding hydrogens is 258 g/mol. The number of hydrogen-bond donors (Lipinski definition) is 2. The lowest BCUT2D eigenvalue weighted by Gasteiger charge is -2.49. The molecule has 0 saturated heterocycles. The summed E-state index contributed by atoms with van der Waals surface area (Å²) in [6, 6.07) is 14.9. The van der Waals surface area contributed by atoms with Gasteiger partial charge in [-0.1, -0.05) is 50.2 Å². The van der Waals surface area contributed by atoms with Crippen LogP contribution in [0.3, 0.4) is 0 Å². The van der Waals surface area contributed by atoms with Crippen molar-refractivity contribution in [3.05, 3.63) is 59.2 Å². The SMILES string of the molecule is CC1(C)c2cccc(O)c2N[C@@H]2c3ccccc3CC[C@@H]21. The van der Waals surface area contributed by atoms with Crippen LogP contribution in [-0.2, 0) is 11.8 Å². The molecule has 4 rings (SSSR count). The molecule has 0 radical (unpaired) electrons. The van der Waals surface area contributed by atoms with Gasteiger partial charge in [-0.15, -0.1) is 0 Å². The molecule has 2 nitrogen and oxygen atoms in total. The van der Waals surface area contributed by atoms with Crippen molar-refractivity contribution in [3.63, 3.8) is 0 Å². The Balaban J connectivity index is 1.91. The molecule has 2 aromatic carbocycles. The van der Waals surface area contributed by atoms with Gasteiger partial charge in [0, 0.05) is 0 Å². The van der Waals surface area contributed by atoms with Gasteiger partial charge in [0.05, 0.1) is 11.7 Å². The van der Waals surface area contributed by atoms with E-state index in [-0.39, 0.29) is 5.41 Å². The molecule has 2 aromatic rings. The van der Waals surface area contributed by atoms with E-state index < -0.39 is 0 Å². The van der Waals surface area contributed by atoms with Gasteiger partial charge in [0.25, 0.3) is 0 Å². The Kier molecular flexibility index (Phi) is 2.59. The average molecular weight is 279 g/mol. The first-order valence-electron chi connectivity index (χ1n) is 7.76. The largest absolute Gasteiger partial charge is 0.506 e. The Bertz CT molecular complexity index is 704. The number of para-hydroxylation sites is 1. The topological polar surface area (TPSA) is 32.3 Å². The van der Waals surface area contributed by atoms with Gasteiger partial charge in [-0.05, 0) is 46.9 Å². The van der Waals surface area contributed by atoms with Crippen LogP contribution in [0, 0.1) is 5.92 Å². The Hall–Kier alpha value is -1.96. The maximum atomic E-state index is 10.3. The predicted octanol–water partition coefficient (Wildman–Crippen LogP) is 4.40. The van der Waals surface area contributed by atoms with Crippen LogP contribution in [0.25, 0.3) is 0 Å². The summed E-state index contributed by atoms with van der Waals surface area (Å²) in [6.45, 7) is 4.63. The molecule has 0 aromatic heterocycles. The van der Waals surface area contributed by atoms with Crippen LogP contribution < -0.4 is 5.32 Å². The minimum atomic E-state index is 0.0670. The predicted molar refractivity (Wildman–Crippen MR) is 85.7 cm³/mol. The molecule has 2 atom stereocenters. The van der Waals surface area contributed by atoms with E-state index in [0.29, 0.717) is 17.7 Å². The second-order valence-corrected chi connectivity index (χ2v) is 6.89. The summed E-state index contributed by atoms with van der Waals surface area (Å²) in [4.78, 5) is 0. The third kappa shape index (κ3) is 1.71. The molecule has 1 aliphatic heterocycles. The van der Waals surface area contributed by atoms with Crippen molar-refractivity contribution < 1.29 is 5.11 Å². The first-order chi connectivity index (χ1) is 10.1. The summed E-state index contributed by atoms with van der Waals surface area (Å²) in [7, 11) is 0. The van der Waals surface area contributed by atoms with E-state index in [1.54, 1.807) is 6.07 Å². The van der Waals surface area contributed by atoms with Crippen LogP contribution >= 0.6 is 0 Å². The zero-order valence-corrected chi connectivity index (χ0v) is 12.6. The van der Waals surface area contributed by atoms with Gasteiger partial charge in [0.1, 0.15) is 5.75 Å². The number of hydrogen-bond acceptors (Lipinski definition) is 2. The number of aryl methyl sites for hydroxylation is 1. The van der Waals surface area contributed by atoms with Crippen molar-refractivity contribution in [1.29, 1.82) is 0 Å². The van der Waals surface area contributed by atoms with Crippen LogP contribution in [0.5, 0.6) is 5.75 Å². The third-order valence-corrected chi connectivity index (χ3v) is 5.48. The number of benzene rings is 2. The second-order valence-electron chi connectivity index (χ2n) is 6.89. The zero-order chi connectivity index (χ0) is 14.6. The van der Waals surface area contributed by atoms with E-state index in [4.69, 9.17) is 0 Å². The zero-order valence-electron chi connectivity index (χ0n) is 12.6. The summed E-state index contributed by atoms with van der Waals surface area (Å²) >= 11 is 0. The Morgan fingerprint density at radius 3 is 2.76 bits per heavy atom. The molecule has 21 heavy (non-hydrogen) atoms. The number of nitrogens with one attached hydrogen (secondary N) is 1. The Labute approximate surface area is 125 Å². The second kappa shape index (κ2) is 4.27. The molecule has 0 unspecified atom stereocenters. The van der Waals surface area contributed by atoms with Crippen molar-refractivity contribution >= 4 is 5.69 Å². The van der Waals surface area contributed by atoms with Gasteiger partial charge in [0.2, 0.25) is 0 Å². The molecule has 1 heterocycles. The lowest BCUT2D eigenvalue weighted by Crippen LogP contribution is -2.43. The lowest BCUT2D eigenvalue weighted by molar-refractivity contribution is 0.238. The molecule has 2 heteroatoms. The molecule has 108 valence electrons. The molecule has 0 amide bonds. The quantitative estimate of drug-likeness (QED) is 0.701. The summed E-state index contributed by atoms with van der Waals surface area (Å²) < 4.78 is 0. The van der Waals surface area contributed by atoms with E-state index in [2.05, 4.69) is 49.5 Å². The van der Waals surface area contributed by atoms with Crippen LogP contribution in [0.4, 0.5) is 5.69 Å². The molecule has 0 saturated carbocycles. The van der Waals surface area contributed by atoms with Gasteiger partial charge < -0.3 is 10.4 Å². The van der Waals surface area contributed by atoms with E-state index in [1.807, 2.05) is 6.07 Å². The summed E-state index contributed by atoms with van der Waals surface area (Å²) in [5.41, 5.74) is 5.07. The third-order valence-electron chi connectivity index (χ3n) is 5.48. The lowest BCUT2D eigenvalue weighted by atomic mass is 9.61. The molecular formula is C19H21NO. The maximum absolute atomic E-state index is 10.3. The highest BCUT2D eigenvalue weighted by molar-refractivity contribution is 5.67. The monoisotopic (exact) mass is 279 g/mol. The Morgan fingerprint density at radius 2 is 1.90 bits per heavy atom. The van der Waals surface area contributed by atoms with E-state index >= 15 is 0 Å². The standard InChI is InChI=1S/C19H21NO/c1-19(2)14-8-5-9-16(21)18(14)20-17-13-7-4-3-6-12(13)10-11-15(17)19/h3-9,15,17,20-21H,10-11H2,1-2H3/t15-,17+/m0/s1. The molecule has 2 aliphatic rings. The highest BCUT2D eigenvalue weighted by Gasteiger charge is 2.45. The number of rotatable bonds is 0. The normalized spacial score (nSPS) is 25.2. The van der Waals surface area contributed by atoms with Crippen molar-refractivity contribution in [1.82, 2.24) is 0 Å². The molecule has 2 N–H and O–H groups in total. The van der Waals surface area contributed by atoms with E-state index in [9.17, 15) is 5.11 Å². The van der Waals surface area contributed by atoms with Gasteiger partial charge >= 0.3 is 0 Å². The minimum Gasteiger partial charge on any atom is -0.506 e. The summed E-state index contributed by atoms with van der Waals surface area (Å²) in [5, 5.41) is 13.9. The highest BCUT2D eigenvalue weighted by atomic mass is 16.3. The summed E-state index contributed by atoms with van der Waals surface area (Å²) in [6.07, 6.45) is 2.34. The van der Waals surface area contributed by atoms with Crippen molar-refractivity contribution in [2.75, 3.05) is 5.32 Å². The molecule has 0 spiro atoms. The van der Waals surface area contributed by atoms with Crippen LogP contribution in [0.15, 0.2) is 42.5 Å². The molecule has 1 aliphatic carbocycles. The van der Waals surface area contributed by atoms with Crippen molar-refractivity contribution in [2.45, 2.75) is 38.1 Å². The number of anilines is 1. The minimum absolute atomic E-state index is 0.0670.